The third kappa shape index (κ3) is 5.21. The number of nitrogens with one attached hydrogen (secondary N) is 2. The number of carbonyl (C=O) groups excluding carboxylic acids is 2. The summed E-state index contributed by atoms with van der Waals surface area (Å²) < 4.78 is 0. The molecule has 0 aliphatic rings. The summed E-state index contributed by atoms with van der Waals surface area (Å²) in [6.45, 7) is 3.53. The Morgan fingerprint density at radius 1 is 0.917 bits per heavy atom. The van der Waals surface area contributed by atoms with E-state index in [9.17, 15) is 9.59 Å². The molecule has 2 rings (SSSR count). The zero-order chi connectivity index (χ0) is 17.4. The minimum atomic E-state index is -0.482. The van der Waals surface area contributed by atoms with Crippen molar-refractivity contribution in [3.63, 3.8) is 0 Å². The predicted octanol–water partition coefficient (Wildman–Crippen LogP) is 2.97. The fraction of sp³-hybridized carbons (Fsp3) is 0.105. The van der Waals surface area contributed by atoms with Gasteiger partial charge in [0.15, 0.2) is 0 Å². The van der Waals surface area contributed by atoms with E-state index in [1.807, 2.05) is 36.4 Å². The van der Waals surface area contributed by atoms with Crippen molar-refractivity contribution in [1.82, 2.24) is 10.7 Å². The molecule has 0 unspecified atom stereocenters. The number of benzene rings is 2. The first-order chi connectivity index (χ1) is 11.6. The molecule has 0 radical (unpaired) electrons. The van der Waals surface area contributed by atoms with Gasteiger partial charge in [-0.3, -0.25) is 9.59 Å². The molecule has 5 nitrogen and oxygen atoms in total. The van der Waals surface area contributed by atoms with Crippen LogP contribution in [0.1, 0.15) is 29.8 Å². The quantitative estimate of drug-likeness (QED) is 0.505. The molecule has 0 aromatic heterocycles. The van der Waals surface area contributed by atoms with Crippen LogP contribution in [0.4, 0.5) is 0 Å². The molecule has 0 saturated carbocycles. The first-order valence-corrected chi connectivity index (χ1v) is 7.50. The maximum atomic E-state index is 12.3. The first-order valence-electron chi connectivity index (χ1n) is 7.50. The Labute approximate surface area is 141 Å². The molecule has 0 bridgehead atoms. The van der Waals surface area contributed by atoms with Gasteiger partial charge in [-0.1, -0.05) is 48.5 Å². The molecule has 2 amide bonds. The van der Waals surface area contributed by atoms with Gasteiger partial charge >= 0.3 is 0 Å². The van der Waals surface area contributed by atoms with Gasteiger partial charge in [0, 0.05) is 11.3 Å². The van der Waals surface area contributed by atoms with Gasteiger partial charge in [-0.15, -0.1) is 0 Å². The Balaban J connectivity index is 2.25. The van der Waals surface area contributed by atoms with E-state index in [0.717, 1.165) is 5.56 Å². The van der Waals surface area contributed by atoms with Crippen molar-refractivity contribution in [3.05, 3.63) is 77.5 Å². The van der Waals surface area contributed by atoms with Crippen molar-refractivity contribution in [2.75, 3.05) is 0 Å². The van der Waals surface area contributed by atoms with Gasteiger partial charge < -0.3 is 5.32 Å². The highest BCUT2D eigenvalue weighted by Crippen LogP contribution is 2.07. The number of hydrogen-bond acceptors (Lipinski definition) is 3. The lowest BCUT2D eigenvalue weighted by molar-refractivity contribution is -0.117. The van der Waals surface area contributed by atoms with E-state index in [1.54, 1.807) is 44.2 Å². The van der Waals surface area contributed by atoms with E-state index in [2.05, 4.69) is 15.8 Å². The van der Waals surface area contributed by atoms with Crippen LogP contribution in [-0.2, 0) is 4.79 Å². The van der Waals surface area contributed by atoms with Crippen LogP contribution in [0.25, 0.3) is 6.08 Å². The smallest absolute Gasteiger partial charge is 0.287 e. The predicted molar refractivity (Wildman–Crippen MR) is 95.3 cm³/mol. The molecule has 0 spiro atoms. The topological polar surface area (TPSA) is 70.6 Å². The van der Waals surface area contributed by atoms with Gasteiger partial charge in [-0.25, -0.2) is 5.43 Å². The zero-order valence-electron chi connectivity index (χ0n) is 13.6. The Bertz CT molecular complexity index is 762. The monoisotopic (exact) mass is 321 g/mol. The van der Waals surface area contributed by atoms with E-state index in [4.69, 9.17) is 0 Å². The molecule has 2 N–H and O–H groups in total. The Morgan fingerprint density at radius 2 is 1.50 bits per heavy atom. The van der Waals surface area contributed by atoms with E-state index >= 15 is 0 Å². The van der Waals surface area contributed by atoms with Crippen molar-refractivity contribution < 1.29 is 9.59 Å². The Hall–Kier alpha value is -3.21. The molecular weight excluding hydrogens is 302 g/mol. The maximum absolute atomic E-state index is 12.3. The zero-order valence-corrected chi connectivity index (χ0v) is 13.6. The SMILES string of the molecule is CC(C)=NNC(=O)/C(=C/c1ccccc1)NC(=O)c1ccccc1. The molecule has 2 aromatic carbocycles. The minimum Gasteiger partial charge on any atom is -0.317 e. The minimum absolute atomic E-state index is 0.125. The summed E-state index contributed by atoms with van der Waals surface area (Å²) >= 11 is 0. The second-order valence-electron chi connectivity index (χ2n) is 5.29. The summed E-state index contributed by atoms with van der Waals surface area (Å²) in [6, 6.07) is 18.0. The molecule has 0 fully saturated rings. The Kier molecular flexibility index (Phi) is 6.02. The fourth-order valence-corrected chi connectivity index (χ4v) is 1.88. The molecule has 122 valence electrons. The van der Waals surface area contributed by atoms with Gasteiger partial charge in [-0.2, -0.15) is 5.10 Å². The lowest BCUT2D eigenvalue weighted by atomic mass is 10.1. The highest BCUT2D eigenvalue weighted by atomic mass is 16.2. The van der Waals surface area contributed by atoms with Gasteiger partial charge in [-0.05, 0) is 37.6 Å². The summed E-state index contributed by atoms with van der Waals surface area (Å²) in [4.78, 5) is 24.6. The van der Waals surface area contributed by atoms with Crippen LogP contribution >= 0.6 is 0 Å². The van der Waals surface area contributed by atoms with E-state index < -0.39 is 5.91 Å². The summed E-state index contributed by atoms with van der Waals surface area (Å²) in [5, 5.41) is 6.54. The molecule has 0 aliphatic carbocycles. The van der Waals surface area contributed by atoms with Crippen molar-refractivity contribution in [3.8, 4) is 0 Å². The molecular formula is C19H19N3O2. The van der Waals surface area contributed by atoms with Crippen LogP contribution < -0.4 is 10.7 Å². The second kappa shape index (κ2) is 8.43. The maximum Gasteiger partial charge on any atom is 0.287 e. The molecule has 5 heteroatoms. The van der Waals surface area contributed by atoms with Gasteiger partial charge in [0.1, 0.15) is 5.70 Å². The van der Waals surface area contributed by atoms with Crippen LogP contribution in [0.2, 0.25) is 0 Å². The summed E-state index contributed by atoms with van der Waals surface area (Å²) in [5.74, 6) is -0.838. The van der Waals surface area contributed by atoms with Crippen molar-refractivity contribution in [1.29, 1.82) is 0 Å². The second-order valence-corrected chi connectivity index (χ2v) is 5.29. The van der Waals surface area contributed by atoms with Crippen LogP contribution in [0, 0.1) is 0 Å². The number of rotatable bonds is 5. The number of hydrazone groups is 1. The Morgan fingerprint density at radius 3 is 2.08 bits per heavy atom. The average Bonchev–Trinajstić information content (AvgIpc) is 2.60. The fourth-order valence-electron chi connectivity index (χ4n) is 1.88. The van der Waals surface area contributed by atoms with E-state index in [-0.39, 0.29) is 11.6 Å². The molecule has 0 saturated heterocycles. The van der Waals surface area contributed by atoms with Crippen LogP contribution in [0.5, 0.6) is 0 Å². The largest absolute Gasteiger partial charge is 0.317 e. The van der Waals surface area contributed by atoms with Crippen molar-refractivity contribution in [2.45, 2.75) is 13.8 Å². The van der Waals surface area contributed by atoms with Crippen LogP contribution in [-0.4, -0.2) is 17.5 Å². The van der Waals surface area contributed by atoms with Crippen LogP contribution in [0.3, 0.4) is 0 Å². The average molecular weight is 321 g/mol. The summed E-state index contributed by atoms with van der Waals surface area (Å²) in [7, 11) is 0. The molecule has 2 aromatic rings. The van der Waals surface area contributed by atoms with Crippen molar-refractivity contribution in [2.24, 2.45) is 5.10 Å². The molecule has 0 heterocycles. The van der Waals surface area contributed by atoms with Gasteiger partial charge in [0.25, 0.3) is 11.8 Å². The lowest BCUT2D eigenvalue weighted by Crippen LogP contribution is -2.33. The standard InChI is InChI=1S/C19H19N3O2/c1-14(2)21-22-19(24)17(13-15-9-5-3-6-10-15)20-18(23)16-11-7-4-8-12-16/h3-13H,1-2H3,(H,20,23)(H,22,24)/b17-13-. The van der Waals surface area contributed by atoms with Gasteiger partial charge in [0.05, 0.1) is 0 Å². The van der Waals surface area contributed by atoms with Crippen molar-refractivity contribution >= 4 is 23.6 Å². The molecule has 0 aliphatic heterocycles. The highest BCUT2D eigenvalue weighted by Gasteiger charge is 2.14. The number of nitrogens with zero attached hydrogens (tertiary/aromatic N) is 1. The number of hydrogen-bond donors (Lipinski definition) is 2. The normalized spacial score (nSPS) is 10.7. The third-order valence-electron chi connectivity index (χ3n) is 3.02. The summed E-state index contributed by atoms with van der Waals surface area (Å²) in [6.07, 6.45) is 1.61. The van der Waals surface area contributed by atoms with Crippen LogP contribution in [0.15, 0.2) is 71.5 Å². The molecule has 24 heavy (non-hydrogen) atoms. The lowest BCUT2D eigenvalue weighted by Gasteiger charge is -2.09. The molecule has 0 atom stereocenters. The number of carbonyl (C=O) groups is 2. The number of amides is 2. The summed E-state index contributed by atoms with van der Waals surface area (Å²) in [5.41, 5.74) is 4.53. The van der Waals surface area contributed by atoms with Gasteiger partial charge in [0.2, 0.25) is 0 Å². The highest BCUT2D eigenvalue weighted by molar-refractivity contribution is 6.05. The van der Waals surface area contributed by atoms with E-state index in [0.29, 0.717) is 11.3 Å². The first kappa shape index (κ1) is 17.1. The van der Waals surface area contributed by atoms with E-state index in [1.165, 1.54) is 0 Å². The third-order valence-corrected chi connectivity index (χ3v) is 3.02.